The summed E-state index contributed by atoms with van der Waals surface area (Å²) in [6, 6.07) is 15.8. The number of aromatic nitrogens is 3. The number of nitrogens with zero attached hydrogens (tertiary/aromatic N) is 3. The first-order valence-corrected chi connectivity index (χ1v) is 10.2. The maximum atomic E-state index is 12.8. The first kappa shape index (κ1) is 22.6. The SMILES string of the molecule is COc1ccccc1Nc1ncccc1C(=O)OCc1nc(-c2ccc(OC)c(OC)c2)no1. The van der Waals surface area contributed by atoms with Crippen LogP contribution >= 0.6 is 0 Å². The Labute approximate surface area is 195 Å². The molecule has 0 amide bonds. The van der Waals surface area contributed by atoms with E-state index >= 15 is 0 Å². The van der Waals surface area contributed by atoms with Crippen LogP contribution in [0.1, 0.15) is 16.2 Å². The summed E-state index contributed by atoms with van der Waals surface area (Å²) < 4.78 is 26.5. The first-order chi connectivity index (χ1) is 16.6. The maximum absolute atomic E-state index is 12.8. The quantitative estimate of drug-likeness (QED) is 0.362. The Kier molecular flexibility index (Phi) is 6.87. The number of methoxy groups -OCH3 is 3. The van der Waals surface area contributed by atoms with E-state index in [2.05, 4.69) is 20.4 Å². The summed E-state index contributed by atoms with van der Waals surface area (Å²) in [5.41, 5.74) is 1.57. The average Bonchev–Trinajstić information content (AvgIpc) is 3.36. The van der Waals surface area contributed by atoms with Crippen LogP contribution in [0.2, 0.25) is 0 Å². The number of carbonyl (C=O) groups excluding carboxylic acids is 1. The lowest BCUT2D eigenvalue weighted by atomic mass is 10.2. The van der Waals surface area contributed by atoms with E-state index in [4.69, 9.17) is 23.5 Å². The number of carbonyl (C=O) groups is 1. The number of hydrogen-bond donors (Lipinski definition) is 1. The molecule has 0 saturated heterocycles. The normalized spacial score (nSPS) is 10.4. The minimum absolute atomic E-state index is 0.140. The molecule has 0 aliphatic carbocycles. The van der Waals surface area contributed by atoms with Crippen LogP contribution in [-0.2, 0) is 11.3 Å². The second-order valence-corrected chi connectivity index (χ2v) is 6.88. The number of anilines is 2. The molecule has 4 aromatic rings. The van der Waals surface area contributed by atoms with Crippen molar-refractivity contribution in [1.29, 1.82) is 0 Å². The molecule has 0 fully saturated rings. The number of ether oxygens (including phenoxy) is 4. The summed E-state index contributed by atoms with van der Waals surface area (Å²) >= 11 is 0. The topological polar surface area (TPSA) is 118 Å². The number of benzene rings is 2. The van der Waals surface area contributed by atoms with E-state index < -0.39 is 5.97 Å². The molecule has 4 rings (SSSR count). The predicted octanol–water partition coefficient (Wildman–Crippen LogP) is 4.26. The highest BCUT2D eigenvalue weighted by molar-refractivity contribution is 5.95. The first-order valence-electron chi connectivity index (χ1n) is 10.2. The summed E-state index contributed by atoms with van der Waals surface area (Å²) in [5.74, 6) is 1.92. The molecule has 1 N–H and O–H groups in total. The molecule has 0 bridgehead atoms. The van der Waals surface area contributed by atoms with Crippen LogP contribution in [0.3, 0.4) is 0 Å². The Hall–Kier alpha value is -4.60. The van der Waals surface area contributed by atoms with Gasteiger partial charge in [0.25, 0.3) is 5.89 Å². The Balaban J connectivity index is 1.46. The minimum Gasteiger partial charge on any atom is -0.495 e. The number of esters is 1. The van der Waals surface area contributed by atoms with Gasteiger partial charge in [-0.05, 0) is 42.5 Å². The van der Waals surface area contributed by atoms with E-state index in [0.29, 0.717) is 40.1 Å². The molecule has 2 aromatic heterocycles. The molecule has 2 aromatic carbocycles. The fourth-order valence-corrected chi connectivity index (χ4v) is 3.16. The largest absolute Gasteiger partial charge is 0.495 e. The van der Waals surface area contributed by atoms with Crippen molar-refractivity contribution in [2.24, 2.45) is 0 Å². The second kappa shape index (κ2) is 10.3. The van der Waals surface area contributed by atoms with Crippen molar-refractivity contribution in [2.75, 3.05) is 26.6 Å². The zero-order valence-electron chi connectivity index (χ0n) is 18.8. The van der Waals surface area contributed by atoms with Crippen molar-refractivity contribution in [2.45, 2.75) is 6.61 Å². The van der Waals surface area contributed by atoms with Gasteiger partial charge in [0, 0.05) is 11.8 Å². The summed E-state index contributed by atoms with van der Waals surface area (Å²) in [4.78, 5) is 21.3. The fourth-order valence-electron chi connectivity index (χ4n) is 3.16. The Bertz CT molecular complexity index is 1290. The van der Waals surface area contributed by atoms with Crippen molar-refractivity contribution in [1.82, 2.24) is 15.1 Å². The van der Waals surface area contributed by atoms with Gasteiger partial charge in [-0.15, -0.1) is 0 Å². The van der Waals surface area contributed by atoms with Crippen molar-refractivity contribution >= 4 is 17.5 Å². The van der Waals surface area contributed by atoms with Crippen LogP contribution in [0.4, 0.5) is 11.5 Å². The van der Waals surface area contributed by atoms with Gasteiger partial charge in [0.15, 0.2) is 18.1 Å². The second-order valence-electron chi connectivity index (χ2n) is 6.88. The highest BCUT2D eigenvalue weighted by atomic mass is 16.6. The Morgan fingerprint density at radius 2 is 1.74 bits per heavy atom. The maximum Gasteiger partial charge on any atom is 0.342 e. The molecule has 174 valence electrons. The highest BCUT2D eigenvalue weighted by Gasteiger charge is 2.18. The van der Waals surface area contributed by atoms with Crippen LogP contribution in [0, 0.1) is 0 Å². The summed E-state index contributed by atoms with van der Waals surface area (Å²) in [6.07, 6.45) is 1.57. The predicted molar refractivity (Wildman–Crippen MR) is 122 cm³/mol. The third-order valence-electron chi connectivity index (χ3n) is 4.82. The smallest absolute Gasteiger partial charge is 0.342 e. The Morgan fingerprint density at radius 3 is 2.53 bits per heavy atom. The van der Waals surface area contributed by atoms with Crippen molar-refractivity contribution in [3.05, 3.63) is 72.2 Å². The van der Waals surface area contributed by atoms with Gasteiger partial charge in [0.2, 0.25) is 5.82 Å². The molecular formula is C24H22N4O6. The zero-order valence-corrected chi connectivity index (χ0v) is 18.8. The average molecular weight is 462 g/mol. The monoisotopic (exact) mass is 462 g/mol. The molecule has 10 nitrogen and oxygen atoms in total. The van der Waals surface area contributed by atoms with Gasteiger partial charge in [-0.2, -0.15) is 4.98 Å². The van der Waals surface area contributed by atoms with Crippen LogP contribution in [0.5, 0.6) is 17.2 Å². The third kappa shape index (κ3) is 4.90. The van der Waals surface area contributed by atoms with Gasteiger partial charge in [-0.1, -0.05) is 17.3 Å². The highest BCUT2D eigenvalue weighted by Crippen LogP contribution is 2.31. The molecule has 2 heterocycles. The van der Waals surface area contributed by atoms with Gasteiger partial charge in [0.1, 0.15) is 17.1 Å². The zero-order chi connectivity index (χ0) is 23.9. The van der Waals surface area contributed by atoms with Crippen LogP contribution in [0.15, 0.2) is 65.3 Å². The van der Waals surface area contributed by atoms with Crippen molar-refractivity contribution in [3.63, 3.8) is 0 Å². The lowest BCUT2D eigenvalue weighted by molar-refractivity contribution is 0.0430. The molecule has 0 aliphatic heterocycles. The summed E-state index contributed by atoms with van der Waals surface area (Å²) in [7, 11) is 4.66. The van der Waals surface area contributed by atoms with E-state index in [0.717, 1.165) is 0 Å². The van der Waals surface area contributed by atoms with Crippen LogP contribution in [-0.4, -0.2) is 42.4 Å². The van der Waals surface area contributed by atoms with Gasteiger partial charge in [-0.25, -0.2) is 9.78 Å². The van der Waals surface area contributed by atoms with E-state index in [1.165, 1.54) is 7.11 Å². The van der Waals surface area contributed by atoms with Gasteiger partial charge in [-0.3, -0.25) is 0 Å². The Morgan fingerprint density at radius 1 is 0.941 bits per heavy atom. The lowest BCUT2D eigenvalue weighted by Crippen LogP contribution is -2.10. The standard InChI is InChI=1S/C24H22N4O6/c1-30-18-9-5-4-8-17(18)26-23-16(7-6-12-25-23)24(29)33-14-21-27-22(28-34-21)15-10-11-19(31-2)20(13-15)32-3/h4-13H,14H2,1-3H3,(H,25,26). The molecule has 10 heteroatoms. The minimum atomic E-state index is -0.601. The molecular weight excluding hydrogens is 440 g/mol. The van der Waals surface area contributed by atoms with Crippen LogP contribution in [0.25, 0.3) is 11.4 Å². The van der Waals surface area contributed by atoms with Crippen molar-refractivity contribution < 1.29 is 28.3 Å². The molecule has 0 aliphatic rings. The third-order valence-corrected chi connectivity index (χ3v) is 4.82. The number of para-hydroxylation sites is 2. The molecule has 34 heavy (non-hydrogen) atoms. The fraction of sp³-hybridized carbons (Fsp3) is 0.167. The molecule has 0 radical (unpaired) electrons. The van der Waals surface area contributed by atoms with E-state index in [1.54, 1.807) is 56.8 Å². The number of nitrogens with one attached hydrogen (secondary N) is 1. The molecule has 0 atom stereocenters. The number of hydrogen-bond acceptors (Lipinski definition) is 10. The molecule has 0 unspecified atom stereocenters. The van der Waals surface area contributed by atoms with Gasteiger partial charge in [0.05, 0.1) is 27.0 Å². The van der Waals surface area contributed by atoms with Gasteiger partial charge >= 0.3 is 5.97 Å². The summed E-state index contributed by atoms with van der Waals surface area (Å²) in [5, 5.41) is 7.05. The number of rotatable bonds is 9. The van der Waals surface area contributed by atoms with E-state index in [9.17, 15) is 4.79 Å². The van der Waals surface area contributed by atoms with Crippen LogP contribution < -0.4 is 19.5 Å². The van der Waals surface area contributed by atoms with Crippen molar-refractivity contribution in [3.8, 4) is 28.6 Å². The molecule has 0 saturated carbocycles. The number of pyridine rings is 1. The lowest BCUT2D eigenvalue weighted by Gasteiger charge is -2.12. The van der Waals surface area contributed by atoms with Gasteiger partial charge < -0.3 is 28.8 Å². The summed E-state index contributed by atoms with van der Waals surface area (Å²) in [6.45, 7) is -0.206. The van der Waals surface area contributed by atoms with E-state index in [1.807, 2.05) is 18.2 Å². The molecule has 0 spiro atoms. The van der Waals surface area contributed by atoms with E-state index in [-0.39, 0.29) is 18.1 Å².